The Balaban J connectivity index is 2.17. The molecule has 1 N–H and O–H groups in total. The minimum absolute atomic E-state index is 0.465. The van der Waals surface area contributed by atoms with Gasteiger partial charge in [0.1, 0.15) is 0 Å². The Bertz CT molecular complexity index is 427. The second-order valence-electron chi connectivity index (χ2n) is 4.22. The fourth-order valence-corrected chi connectivity index (χ4v) is 3.70. The Kier molecular flexibility index (Phi) is 4.22. The molecular formula is C12H16BrNO2S. The lowest BCUT2D eigenvalue weighted by Crippen LogP contribution is -2.37. The fraction of sp³-hybridized carbons (Fsp3) is 0.500. The van der Waals surface area contributed by atoms with E-state index in [1.54, 1.807) is 6.92 Å². The van der Waals surface area contributed by atoms with Crippen LogP contribution in [0, 0.1) is 0 Å². The highest BCUT2D eigenvalue weighted by Gasteiger charge is 2.16. The Morgan fingerprint density at radius 3 is 2.59 bits per heavy atom. The van der Waals surface area contributed by atoms with Crippen LogP contribution in [0.4, 0.5) is 5.69 Å². The summed E-state index contributed by atoms with van der Waals surface area (Å²) in [6.45, 7) is 3.43. The van der Waals surface area contributed by atoms with Crippen LogP contribution >= 0.6 is 15.9 Å². The Labute approximate surface area is 112 Å². The summed E-state index contributed by atoms with van der Waals surface area (Å²) in [4.78, 5) is 2.23. The van der Waals surface area contributed by atoms with Gasteiger partial charge < -0.3 is 10.0 Å². The average Bonchev–Trinajstić information content (AvgIpc) is 2.29. The van der Waals surface area contributed by atoms with Gasteiger partial charge in [-0.2, -0.15) is 0 Å². The lowest BCUT2D eigenvalue weighted by molar-refractivity contribution is 0.198. The third kappa shape index (κ3) is 3.09. The molecule has 0 aliphatic carbocycles. The van der Waals surface area contributed by atoms with E-state index in [0.717, 1.165) is 40.3 Å². The minimum atomic E-state index is -0.645. The minimum Gasteiger partial charge on any atom is -0.389 e. The number of nitrogens with zero attached hydrogens (tertiary/aromatic N) is 1. The third-order valence-corrected chi connectivity index (χ3v) is 4.94. The van der Waals surface area contributed by atoms with Crippen molar-refractivity contribution in [1.82, 2.24) is 0 Å². The molecule has 1 aliphatic heterocycles. The molecule has 0 bridgehead atoms. The number of aliphatic hydroxyl groups is 1. The van der Waals surface area contributed by atoms with Gasteiger partial charge in [0.05, 0.1) is 6.10 Å². The zero-order valence-electron chi connectivity index (χ0n) is 9.73. The van der Waals surface area contributed by atoms with Gasteiger partial charge in [0.15, 0.2) is 0 Å². The molecule has 0 saturated carbocycles. The Morgan fingerprint density at radius 1 is 1.41 bits per heavy atom. The van der Waals surface area contributed by atoms with Crippen LogP contribution in [0.25, 0.3) is 0 Å². The van der Waals surface area contributed by atoms with Gasteiger partial charge in [-0.15, -0.1) is 0 Å². The SMILES string of the molecule is C[C@H](O)c1ccc(N2CCS(=O)CC2)cc1Br. The maximum atomic E-state index is 11.3. The zero-order valence-corrected chi connectivity index (χ0v) is 12.1. The standard InChI is InChI=1S/C12H16BrNO2S/c1-9(15)11-3-2-10(8-12(11)13)14-4-6-17(16)7-5-14/h2-3,8-9,15H,4-7H2,1H3/t9-/m0/s1. The van der Waals surface area contributed by atoms with E-state index in [4.69, 9.17) is 0 Å². The van der Waals surface area contributed by atoms with Crippen molar-refractivity contribution in [3.05, 3.63) is 28.2 Å². The fourth-order valence-electron chi connectivity index (χ4n) is 1.95. The molecule has 2 rings (SSSR count). The number of hydrogen-bond acceptors (Lipinski definition) is 3. The van der Waals surface area contributed by atoms with E-state index < -0.39 is 16.9 Å². The van der Waals surface area contributed by atoms with Crippen molar-refractivity contribution in [3.63, 3.8) is 0 Å². The topological polar surface area (TPSA) is 40.5 Å². The molecular weight excluding hydrogens is 302 g/mol. The van der Waals surface area contributed by atoms with E-state index >= 15 is 0 Å². The quantitative estimate of drug-likeness (QED) is 0.907. The molecule has 3 nitrogen and oxygen atoms in total. The maximum absolute atomic E-state index is 11.3. The number of anilines is 1. The van der Waals surface area contributed by atoms with Crippen LogP contribution in [0.1, 0.15) is 18.6 Å². The van der Waals surface area contributed by atoms with Gasteiger partial charge in [0, 0.05) is 45.6 Å². The first-order valence-corrected chi connectivity index (χ1v) is 7.93. The number of benzene rings is 1. The Hall–Kier alpha value is -0.390. The van der Waals surface area contributed by atoms with Gasteiger partial charge in [0.25, 0.3) is 0 Å². The molecule has 1 aromatic rings. The normalized spacial score (nSPS) is 19.4. The predicted molar refractivity (Wildman–Crippen MR) is 74.9 cm³/mol. The first-order chi connectivity index (χ1) is 8.08. The van der Waals surface area contributed by atoms with Crippen molar-refractivity contribution in [2.75, 3.05) is 29.5 Å². The highest BCUT2D eigenvalue weighted by molar-refractivity contribution is 9.10. The lowest BCUT2D eigenvalue weighted by Gasteiger charge is -2.29. The van der Waals surface area contributed by atoms with E-state index in [9.17, 15) is 9.32 Å². The van der Waals surface area contributed by atoms with Crippen LogP contribution in [0.15, 0.2) is 22.7 Å². The van der Waals surface area contributed by atoms with Crippen molar-refractivity contribution in [1.29, 1.82) is 0 Å². The molecule has 1 fully saturated rings. The van der Waals surface area contributed by atoms with E-state index in [0.29, 0.717) is 0 Å². The first-order valence-electron chi connectivity index (χ1n) is 5.65. The molecule has 1 aromatic carbocycles. The highest BCUT2D eigenvalue weighted by Crippen LogP contribution is 2.28. The van der Waals surface area contributed by atoms with Gasteiger partial charge in [-0.1, -0.05) is 22.0 Å². The molecule has 1 aliphatic rings. The summed E-state index contributed by atoms with van der Waals surface area (Å²) in [5, 5.41) is 9.56. The number of hydrogen-bond donors (Lipinski definition) is 1. The highest BCUT2D eigenvalue weighted by atomic mass is 79.9. The maximum Gasteiger partial charge on any atom is 0.0772 e. The molecule has 17 heavy (non-hydrogen) atoms. The summed E-state index contributed by atoms with van der Waals surface area (Å²) in [5.41, 5.74) is 2.02. The molecule has 0 unspecified atom stereocenters. The largest absolute Gasteiger partial charge is 0.389 e. The van der Waals surface area contributed by atoms with Crippen LogP contribution in [0.2, 0.25) is 0 Å². The number of aliphatic hydroxyl groups excluding tert-OH is 1. The summed E-state index contributed by atoms with van der Waals surface area (Å²) in [6.07, 6.45) is -0.465. The molecule has 0 aromatic heterocycles. The van der Waals surface area contributed by atoms with Crippen molar-refractivity contribution < 1.29 is 9.32 Å². The summed E-state index contributed by atoms with van der Waals surface area (Å²) >= 11 is 3.48. The van der Waals surface area contributed by atoms with E-state index in [-0.39, 0.29) is 0 Å². The van der Waals surface area contributed by atoms with E-state index in [2.05, 4.69) is 20.8 Å². The van der Waals surface area contributed by atoms with Gasteiger partial charge in [-0.25, -0.2) is 0 Å². The van der Waals surface area contributed by atoms with Crippen LogP contribution < -0.4 is 4.90 Å². The summed E-state index contributed by atoms with van der Waals surface area (Å²) < 4.78 is 12.2. The van der Waals surface area contributed by atoms with Gasteiger partial charge in [-0.05, 0) is 24.6 Å². The van der Waals surface area contributed by atoms with Crippen molar-refractivity contribution in [2.45, 2.75) is 13.0 Å². The molecule has 0 spiro atoms. The van der Waals surface area contributed by atoms with E-state index in [1.165, 1.54) is 0 Å². The summed E-state index contributed by atoms with van der Waals surface area (Å²) in [6, 6.07) is 5.98. The monoisotopic (exact) mass is 317 g/mol. The molecule has 0 amide bonds. The van der Waals surface area contributed by atoms with Crippen molar-refractivity contribution in [2.24, 2.45) is 0 Å². The van der Waals surface area contributed by atoms with Crippen LogP contribution in [0.3, 0.4) is 0 Å². The second-order valence-corrected chi connectivity index (χ2v) is 6.77. The summed E-state index contributed by atoms with van der Waals surface area (Å²) in [5.74, 6) is 1.49. The van der Waals surface area contributed by atoms with Gasteiger partial charge in [0.2, 0.25) is 0 Å². The average molecular weight is 318 g/mol. The molecule has 94 valence electrons. The Morgan fingerprint density at radius 2 is 2.06 bits per heavy atom. The van der Waals surface area contributed by atoms with Crippen LogP contribution in [0.5, 0.6) is 0 Å². The van der Waals surface area contributed by atoms with Crippen molar-refractivity contribution in [3.8, 4) is 0 Å². The number of halogens is 1. The third-order valence-electron chi connectivity index (χ3n) is 2.98. The molecule has 1 atom stereocenters. The van der Waals surface area contributed by atoms with E-state index in [1.807, 2.05) is 18.2 Å². The smallest absolute Gasteiger partial charge is 0.0772 e. The zero-order chi connectivity index (χ0) is 12.4. The predicted octanol–water partition coefficient (Wildman–Crippen LogP) is 2.07. The lowest BCUT2D eigenvalue weighted by atomic mass is 10.1. The molecule has 5 heteroatoms. The summed E-state index contributed by atoms with van der Waals surface area (Å²) in [7, 11) is -0.645. The van der Waals surface area contributed by atoms with Crippen LogP contribution in [-0.2, 0) is 10.8 Å². The molecule has 1 saturated heterocycles. The second kappa shape index (κ2) is 5.50. The number of rotatable bonds is 2. The van der Waals surface area contributed by atoms with Gasteiger partial charge >= 0.3 is 0 Å². The molecule has 1 heterocycles. The molecule has 0 radical (unpaired) electrons. The van der Waals surface area contributed by atoms with Gasteiger partial charge in [-0.3, -0.25) is 4.21 Å². The first kappa shape index (κ1) is 13.1. The van der Waals surface area contributed by atoms with Crippen LogP contribution in [-0.4, -0.2) is 33.9 Å². The van der Waals surface area contributed by atoms with Crippen molar-refractivity contribution >= 4 is 32.4 Å².